The van der Waals surface area contributed by atoms with Gasteiger partial charge in [-0.3, -0.25) is 4.90 Å². The Labute approximate surface area is 125 Å². The van der Waals surface area contributed by atoms with Crippen LogP contribution in [0.15, 0.2) is 18.2 Å². The number of halogens is 1. The Hall–Kier alpha value is -1.08. The minimum absolute atomic E-state index is 0.267. The number of hydrogen-bond acceptors (Lipinski definition) is 3. The summed E-state index contributed by atoms with van der Waals surface area (Å²) in [7, 11) is 0. The summed E-state index contributed by atoms with van der Waals surface area (Å²) in [6.07, 6.45) is 4.11. The quantitative estimate of drug-likeness (QED) is 0.926. The number of rotatable bonds is 4. The van der Waals surface area contributed by atoms with Crippen LogP contribution in [0.1, 0.15) is 43.7 Å². The predicted octanol–water partition coefficient (Wildman–Crippen LogP) is 3.34. The number of hydrogen-bond donors (Lipinski definition) is 1. The molecule has 4 heteroatoms. The molecule has 0 saturated carbocycles. The van der Waals surface area contributed by atoms with Crippen molar-refractivity contribution in [1.29, 1.82) is 5.26 Å². The Balaban J connectivity index is 2.08. The summed E-state index contributed by atoms with van der Waals surface area (Å²) in [6, 6.07) is 8.01. The number of nitriles is 1. The Morgan fingerprint density at radius 2 is 2.30 bits per heavy atom. The van der Waals surface area contributed by atoms with Crippen LogP contribution in [0.5, 0.6) is 0 Å². The zero-order valence-corrected chi connectivity index (χ0v) is 12.6. The molecule has 1 N–H and O–H groups in total. The number of benzene rings is 1. The second-order valence-corrected chi connectivity index (χ2v) is 6.03. The van der Waals surface area contributed by atoms with Crippen LogP contribution in [-0.2, 0) is 6.54 Å². The lowest BCUT2D eigenvalue weighted by atomic mass is 9.96. The minimum Gasteiger partial charge on any atom is -0.393 e. The van der Waals surface area contributed by atoms with Crippen LogP contribution in [-0.4, -0.2) is 28.7 Å². The molecule has 1 saturated heterocycles. The summed E-state index contributed by atoms with van der Waals surface area (Å²) in [5.74, 6) is 0. The summed E-state index contributed by atoms with van der Waals surface area (Å²) < 4.78 is 0. The molecular weight excluding hydrogens is 272 g/mol. The van der Waals surface area contributed by atoms with Crippen molar-refractivity contribution in [2.24, 2.45) is 0 Å². The zero-order chi connectivity index (χ0) is 14.5. The highest BCUT2D eigenvalue weighted by Crippen LogP contribution is 2.26. The van der Waals surface area contributed by atoms with E-state index in [-0.39, 0.29) is 6.10 Å². The summed E-state index contributed by atoms with van der Waals surface area (Å²) in [5.41, 5.74) is 1.65. The highest BCUT2D eigenvalue weighted by atomic mass is 35.5. The molecule has 2 unspecified atom stereocenters. The molecule has 0 spiro atoms. The maximum Gasteiger partial charge on any atom is 0.0992 e. The summed E-state index contributed by atoms with van der Waals surface area (Å²) >= 11 is 6.25. The molecule has 1 aliphatic heterocycles. The van der Waals surface area contributed by atoms with E-state index in [1.165, 1.54) is 12.8 Å². The van der Waals surface area contributed by atoms with Gasteiger partial charge in [-0.15, -0.1) is 0 Å². The Morgan fingerprint density at radius 3 is 2.95 bits per heavy atom. The van der Waals surface area contributed by atoms with E-state index < -0.39 is 0 Å². The minimum atomic E-state index is -0.267. The van der Waals surface area contributed by atoms with Gasteiger partial charge in [0.1, 0.15) is 0 Å². The van der Waals surface area contributed by atoms with Gasteiger partial charge in [0, 0.05) is 17.6 Å². The van der Waals surface area contributed by atoms with Gasteiger partial charge in [0.2, 0.25) is 0 Å². The average Bonchev–Trinajstić information content (AvgIpc) is 2.42. The van der Waals surface area contributed by atoms with Crippen molar-refractivity contribution in [3.63, 3.8) is 0 Å². The van der Waals surface area contributed by atoms with Crippen LogP contribution in [0.25, 0.3) is 0 Å². The second-order valence-electron chi connectivity index (χ2n) is 5.62. The van der Waals surface area contributed by atoms with Crippen LogP contribution in [0.3, 0.4) is 0 Å². The van der Waals surface area contributed by atoms with Crippen LogP contribution in [0.4, 0.5) is 0 Å². The number of likely N-dealkylation sites (tertiary alicyclic amines) is 1. The lowest BCUT2D eigenvalue weighted by molar-refractivity contribution is 0.0818. The van der Waals surface area contributed by atoms with E-state index in [4.69, 9.17) is 16.9 Å². The molecule has 1 heterocycles. The molecule has 2 rings (SSSR count). The van der Waals surface area contributed by atoms with Crippen molar-refractivity contribution >= 4 is 11.6 Å². The van der Waals surface area contributed by atoms with E-state index in [1.807, 2.05) is 19.1 Å². The van der Waals surface area contributed by atoms with Crippen molar-refractivity contribution in [1.82, 2.24) is 4.90 Å². The second kappa shape index (κ2) is 7.08. The molecule has 3 nitrogen and oxygen atoms in total. The van der Waals surface area contributed by atoms with Gasteiger partial charge >= 0.3 is 0 Å². The molecular formula is C16H21ClN2O. The molecule has 0 radical (unpaired) electrons. The molecule has 0 aliphatic carbocycles. The molecule has 0 aromatic heterocycles. The zero-order valence-electron chi connectivity index (χ0n) is 11.8. The van der Waals surface area contributed by atoms with E-state index in [2.05, 4.69) is 11.0 Å². The Bertz CT molecular complexity index is 496. The van der Waals surface area contributed by atoms with Gasteiger partial charge in [-0.05, 0) is 50.4 Å². The van der Waals surface area contributed by atoms with E-state index in [1.54, 1.807) is 6.07 Å². The van der Waals surface area contributed by atoms with Gasteiger partial charge < -0.3 is 5.11 Å². The number of aliphatic hydroxyl groups is 1. The van der Waals surface area contributed by atoms with E-state index in [0.717, 1.165) is 31.5 Å². The van der Waals surface area contributed by atoms with Crippen molar-refractivity contribution < 1.29 is 5.11 Å². The molecule has 0 amide bonds. The SMILES string of the molecule is CC(O)CC1CCCCN1Cc1ccc(C#N)cc1Cl. The predicted molar refractivity (Wildman–Crippen MR) is 80.5 cm³/mol. The summed E-state index contributed by atoms with van der Waals surface area (Å²) in [4.78, 5) is 2.41. The third kappa shape index (κ3) is 3.96. The lowest BCUT2D eigenvalue weighted by Crippen LogP contribution is -2.40. The maximum absolute atomic E-state index is 9.62. The molecule has 108 valence electrons. The number of piperidine rings is 1. The van der Waals surface area contributed by atoms with Gasteiger partial charge in [0.25, 0.3) is 0 Å². The molecule has 1 aliphatic rings. The third-order valence-electron chi connectivity index (χ3n) is 3.92. The highest BCUT2D eigenvalue weighted by molar-refractivity contribution is 6.31. The molecule has 1 aromatic rings. The first kappa shape index (κ1) is 15.3. The van der Waals surface area contributed by atoms with Gasteiger partial charge in [-0.2, -0.15) is 5.26 Å². The van der Waals surface area contributed by atoms with Crippen LogP contribution < -0.4 is 0 Å². The highest BCUT2D eigenvalue weighted by Gasteiger charge is 2.24. The first-order valence-electron chi connectivity index (χ1n) is 7.21. The standard InChI is InChI=1S/C16H21ClN2O/c1-12(20)8-15-4-2-3-7-19(15)11-14-6-5-13(10-18)9-16(14)17/h5-6,9,12,15,20H,2-4,7-8,11H2,1H3. The fourth-order valence-corrected chi connectivity index (χ4v) is 3.13. The third-order valence-corrected chi connectivity index (χ3v) is 4.27. The number of nitrogens with zero attached hydrogens (tertiary/aromatic N) is 2. The molecule has 2 atom stereocenters. The molecule has 0 bridgehead atoms. The smallest absolute Gasteiger partial charge is 0.0992 e. The Kier molecular flexibility index (Phi) is 5.42. The average molecular weight is 293 g/mol. The molecule has 1 fully saturated rings. The van der Waals surface area contributed by atoms with Gasteiger partial charge in [-0.1, -0.05) is 24.1 Å². The van der Waals surface area contributed by atoms with Crippen molar-refractivity contribution in [2.45, 2.75) is 51.3 Å². The first-order valence-corrected chi connectivity index (χ1v) is 7.58. The normalized spacial score (nSPS) is 21.4. The fraction of sp³-hybridized carbons (Fsp3) is 0.562. The van der Waals surface area contributed by atoms with Gasteiger partial charge in [0.15, 0.2) is 0 Å². The molecule has 20 heavy (non-hydrogen) atoms. The topological polar surface area (TPSA) is 47.3 Å². The van der Waals surface area contributed by atoms with Gasteiger partial charge in [-0.25, -0.2) is 0 Å². The summed E-state index contributed by atoms with van der Waals surface area (Å²) in [6.45, 7) is 3.69. The van der Waals surface area contributed by atoms with E-state index in [9.17, 15) is 5.11 Å². The maximum atomic E-state index is 9.62. The molecule has 1 aromatic carbocycles. The van der Waals surface area contributed by atoms with Crippen LogP contribution in [0, 0.1) is 11.3 Å². The monoisotopic (exact) mass is 292 g/mol. The van der Waals surface area contributed by atoms with Crippen molar-refractivity contribution in [2.75, 3.05) is 6.54 Å². The number of aliphatic hydroxyl groups excluding tert-OH is 1. The van der Waals surface area contributed by atoms with Crippen LogP contribution in [0.2, 0.25) is 5.02 Å². The van der Waals surface area contributed by atoms with Gasteiger partial charge in [0.05, 0.1) is 17.7 Å². The van der Waals surface area contributed by atoms with Crippen molar-refractivity contribution in [3.05, 3.63) is 34.3 Å². The summed E-state index contributed by atoms with van der Waals surface area (Å²) in [5, 5.41) is 19.1. The van der Waals surface area contributed by atoms with Crippen LogP contribution >= 0.6 is 11.6 Å². The van der Waals surface area contributed by atoms with E-state index in [0.29, 0.717) is 16.6 Å². The first-order chi connectivity index (χ1) is 9.60. The largest absolute Gasteiger partial charge is 0.393 e. The fourth-order valence-electron chi connectivity index (χ4n) is 2.89. The Morgan fingerprint density at radius 1 is 1.50 bits per heavy atom. The lowest BCUT2D eigenvalue weighted by Gasteiger charge is -2.36. The van der Waals surface area contributed by atoms with E-state index >= 15 is 0 Å². The van der Waals surface area contributed by atoms with Crippen molar-refractivity contribution in [3.8, 4) is 6.07 Å².